The molecule has 0 spiro atoms. The van der Waals surface area contributed by atoms with Gasteiger partial charge in [0.1, 0.15) is 18.1 Å². The number of anilines is 1. The number of fused-ring (bicyclic) bond motifs is 1. The number of aromatic nitrogens is 3. The maximum absolute atomic E-state index is 11.7. The Morgan fingerprint density at radius 2 is 2.04 bits per heavy atom. The summed E-state index contributed by atoms with van der Waals surface area (Å²) in [6.07, 6.45) is 0. The molecule has 0 fully saturated rings. The molecule has 2 heterocycles. The number of ether oxygens (including phenoxy) is 1. The Balaban J connectivity index is 2.25. The number of hydrogen-bond acceptors (Lipinski definition) is 7. The van der Waals surface area contributed by atoms with E-state index in [1.54, 1.807) is 13.2 Å². The number of methoxy groups -OCH3 is 1. The van der Waals surface area contributed by atoms with Crippen molar-refractivity contribution >= 4 is 17.0 Å². The number of hydrogen-bond donors (Lipinski definition) is 3. The normalized spacial score (nSPS) is 10.8. The minimum atomic E-state index is -0.360. The molecule has 0 saturated carbocycles. The van der Waals surface area contributed by atoms with Gasteiger partial charge in [-0.15, -0.1) is 0 Å². The van der Waals surface area contributed by atoms with Crippen molar-refractivity contribution in [3.63, 3.8) is 0 Å². The summed E-state index contributed by atoms with van der Waals surface area (Å²) < 4.78 is 5.26. The van der Waals surface area contributed by atoms with Crippen molar-refractivity contribution in [3.8, 4) is 17.0 Å². The van der Waals surface area contributed by atoms with Gasteiger partial charge < -0.3 is 24.8 Å². The van der Waals surface area contributed by atoms with Crippen molar-refractivity contribution in [2.45, 2.75) is 0 Å². The van der Waals surface area contributed by atoms with Gasteiger partial charge in [0.15, 0.2) is 0 Å². The fourth-order valence-electron chi connectivity index (χ4n) is 2.51. The van der Waals surface area contributed by atoms with Crippen molar-refractivity contribution in [1.29, 1.82) is 0 Å². The highest BCUT2D eigenvalue weighted by molar-refractivity contribution is 5.91. The van der Waals surface area contributed by atoms with Crippen molar-refractivity contribution in [1.82, 2.24) is 15.0 Å². The fourth-order valence-corrected chi connectivity index (χ4v) is 2.51. The second kappa shape index (κ2) is 7.29. The van der Waals surface area contributed by atoms with E-state index in [-0.39, 0.29) is 31.4 Å². The summed E-state index contributed by atoms with van der Waals surface area (Å²) in [6, 6.07) is 10.4. The van der Waals surface area contributed by atoms with Crippen LogP contribution in [0.1, 0.15) is 0 Å². The number of pyridine rings is 1. The van der Waals surface area contributed by atoms with Crippen LogP contribution in [0.5, 0.6) is 5.75 Å². The van der Waals surface area contributed by atoms with Gasteiger partial charge in [0.2, 0.25) is 11.5 Å². The molecule has 0 aliphatic carbocycles. The fraction of sp³-hybridized carbons (Fsp3) is 0.235. The molecule has 0 amide bonds. The van der Waals surface area contributed by atoms with Gasteiger partial charge in [-0.1, -0.05) is 12.1 Å². The van der Waals surface area contributed by atoms with Crippen LogP contribution in [0.15, 0.2) is 41.2 Å². The average Bonchev–Trinajstić information content (AvgIpc) is 2.65. The molecule has 25 heavy (non-hydrogen) atoms. The van der Waals surface area contributed by atoms with Gasteiger partial charge in [0, 0.05) is 23.6 Å². The maximum Gasteiger partial charge on any atom is 0.249 e. The van der Waals surface area contributed by atoms with Gasteiger partial charge in [-0.2, -0.15) is 4.98 Å². The lowest BCUT2D eigenvalue weighted by atomic mass is 10.1. The van der Waals surface area contributed by atoms with E-state index in [0.717, 1.165) is 5.56 Å². The first-order valence-corrected chi connectivity index (χ1v) is 7.68. The largest absolute Gasteiger partial charge is 0.497 e. The third kappa shape index (κ3) is 3.44. The minimum absolute atomic E-state index is 0.163. The second-order valence-corrected chi connectivity index (χ2v) is 5.32. The molecule has 0 atom stereocenters. The van der Waals surface area contributed by atoms with E-state index >= 15 is 0 Å². The van der Waals surface area contributed by atoms with Crippen LogP contribution in [0, 0.1) is 0 Å². The molecule has 2 aromatic heterocycles. The molecule has 0 radical (unpaired) electrons. The van der Waals surface area contributed by atoms with Crippen LogP contribution in [0.2, 0.25) is 0 Å². The van der Waals surface area contributed by atoms with Crippen molar-refractivity contribution in [3.05, 3.63) is 46.8 Å². The van der Waals surface area contributed by atoms with Gasteiger partial charge in [-0.25, -0.2) is 4.98 Å². The third-order valence-electron chi connectivity index (χ3n) is 3.74. The molecule has 1 aromatic carbocycles. The number of aliphatic hydroxyl groups excluding tert-OH is 2. The molecule has 8 heteroatoms. The summed E-state index contributed by atoms with van der Waals surface area (Å²) in [5.74, 6) is 0.883. The predicted molar refractivity (Wildman–Crippen MR) is 93.7 cm³/mol. The quantitative estimate of drug-likeness (QED) is 0.567. The standard InChI is InChI=1S/C17H18N4O4/c1-25-12-4-2-3-11(9-12)15-13-5-6-14(24)18-16(13)20-17(19-15)21(10-23)7-8-22/h2-6,9,22-23H,7-8,10H2,1H3,(H,18,19,20,24). The number of rotatable bonds is 6. The Morgan fingerprint density at radius 1 is 1.20 bits per heavy atom. The smallest absolute Gasteiger partial charge is 0.249 e. The van der Waals surface area contributed by atoms with E-state index in [4.69, 9.17) is 9.84 Å². The van der Waals surface area contributed by atoms with Gasteiger partial charge >= 0.3 is 0 Å². The first-order valence-electron chi connectivity index (χ1n) is 7.68. The van der Waals surface area contributed by atoms with E-state index < -0.39 is 0 Å². The van der Waals surface area contributed by atoms with E-state index in [2.05, 4.69) is 15.0 Å². The van der Waals surface area contributed by atoms with E-state index in [9.17, 15) is 9.90 Å². The Morgan fingerprint density at radius 3 is 2.76 bits per heavy atom. The minimum Gasteiger partial charge on any atom is -0.497 e. The van der Waals surface area contributed by atoms with Crippen LogP contribution in [-0.4, -0.2) is 52.2 Å². The lowest BCUT2D eigenvalue weighted by Crippen LogP contribution is -2.29. The second-order valence-electron chi connectivity index (χ2n) is 5.32. The SMILES string of the molecule is COc1cccc(-c2nc(N(CO)CCO)nc3[nH]c(=O)ccc23)c1. The summed E-state index contributed by atoms with van der Waals surface area (Å²) in [5.41, 5.74) is 1.44. The van der Waals surface area contributed by atoms with Crippen molar-refractivity contribution in [2.24, 2.45) is 0 Å². The molecule has 3 rings (SSSR count). The molecule has 0 aliphatic rings. The van der Waals surface area contributed by atoms with Crippen molar-refractivity contribution < 1.29 is 14.9 Å². The van der Waals surface area contributed by atoms with Gasteiger partial charge in [-0.3, -0.25) is 4.79 Å². The van der Waals surface area contributed by atoms with Crippen LogP contribution in [0.25, 0.3) is 22.3 Å². The first-order chi connectivity index (χ1) is 12.2. The highest BCUT2D eigenvalue weighted by Gasteiger charge is 2.15. The molecule has 3 aromatic rings. The molecule has 0 aliphatic heterocycles. The van der Waals surface area contributed by atoms with E-state index in [1.165, 1.54) is 11.0 Å². The number of benzene rings is 1. The van der Waals surface area contributed by atoms with Gasteiger partial charge in [-0.05, 0) is 18.2 Å². The molecule has 0 unspecified atom stereocenters. The van der Waals surface area contributed by atoms with Crippen LogP contribution < -0.4 is 15.2 Å². The molecule has 130 valence electrons. The predicted octanol–water partition coefficient (Wildman–Crippen LogP) is 0.742. The number of nitrogens with zero attached hydrogens (tertiary/aromatic N) is 3. The number of nitrogens with one attached hydrogen (secondary N) is 1. The highest BCUT2D eigenvalue weighted by atomic mass is 16.5. The van der Waals surface area contributed by atoms with Crippen LogP contribution in [0.4, 0.5) is 5.95 Å². The van der Waals surface area contributed by atoms with Gasteiger partial charge in [0.05, 0.1) is 19.4 Å². The summed E-state index contributed by atoms with van der Waals surface area (Å²) >= 11 is 0. The first kappa shape index (κ1) is 16.9. The zero-order valence-corrected chi connectivity index (χ0v) is 13.6. The number of aliphatic hydroxyl groups is 2. The zero-order valence-electron chi connectivity index (χ0n) is 13.6. The third-order valence-corrected chi connectivity index (χ3v) is 3.74. The summed E-state index contributed by atoms with van der Waals surface area (Å²) in [6.45, 7) is -0.362. The van der Waals surface area contributed by atoms with Crippen LogP contribution in [0.3, 0.4) is 0 Å². The van der Waals surface area contributed by atoms with Gasteiger partial charge in [0.25, 0.3) is 0 Å². The monoisotopic (exact) mass is 342 g/mol. The summed E-state index contributed by atoms with van der Waals surface area (Å²) in [4.78, 5) is 24.6. The van der Waals surface area contributed by atoms with Crippen LogP contribution >= 0.6 is 0 Å². The Hall–Kier alpha value is -2.97. The summed E-state index contributed by atoms with van der Waals surface area (Å²) in [7, 11) is 1.58. The molecular weight excluding hydrogens is 324 g/mol. The number of aromatic amines is 1. The van der Waals surface area contributed by atoms with Crippen LogP contribution in [-0.2, 0) is 0 Å². The Kier molecular flexibility index (Phi) is 4.92. The molecule has 0 bridgehead atoms. The molecule has 0 saturated heterocycles. The highest BCUT2D eigenvalue weighted by Crippen LogP contribution is 2.29. The van der Waals surface area contributed by atoms with Crippen molar-refractivity contribution in [2.75, 3.05) is 31.9 Å². The van der Waals surface area contributed by atoms with E-state index in [0.29, 0.717) is 22.5 Å². The van der Waals surface area contributed by atoms with E-state index in [1.807, 2.05) is 24.3 Å². The molecule has 8 nitrogen and oxygen atoms in total. The lowest BCUT2D eigenvalue weighted by molar-refractivity contribution is 0.256. The lowest BCUT2D eigenvalue weighted by Gasteiger charge is -2.20. The molecular formula is C17H18N4O4. The zero-order chi connectivity index (χ0) is 17.8. The Bertz CT molecular complexity index is 941. The topological polar surface area (TPSA) is 112 Å². The summed E-state index contributed by atoms with van der Waals surface area (Å²) in [5, 5.41) is 19.3. The average molecular weight is 342 g/mol. The maximum atomic E-state index is 11.7. The number of H-pyrrole nitrogens is 1. The molecule has 3 N–H and O–H groups in total. The Labute approximate surface area is 143 Å².